The molecule has 0 amide bonds. The van der Waals surface area contributed by atoms with Gasteiger partial charge in [0, 0.05) is 31.5 Å². The summed E-state index contributed by atoms with van der Waals surface area (Å²) in [5.74, 6) is 0. The first kappa shape index (κ1) is 13.2. The molecule has 0 saturated carbocycles. The minimum atomic E-state index is 0.321. The molecule has 0 aromatic carbocycles. The van der Waals surface area contributed by atoms with Crippen LogP contribution in [0.5, 0.6) is 0 Å². The Kier molecular flexibility index (Phi) is 6.11. The number of hydrogen-bond acceptors (Lipinski definition) is 3. The molecule has 0 bridgehead atoms. The summed E-state index contributed by atoms with van der Waals surface area (Å²) in [5.41, 5.74) is 0. The highest BCUT2D eigenvalue weighted by atomic mass is 16.5. The highest BCUT2D eigenvalue weighted by Gasteiger charge is 2.01. The van der Waals surface area contributed by atoms with Gasteiger partial charge in [-0.3, -0.25) is 4.68 Å². The minimum Gasteiger partial charge on any atom is -0.377 e. The Morgan fingerprint density at radius 2 is 2.19 bits per heavy atom. The van der Waals surface area contributed by atoms with Crippen LogP contribution in [-0.4, -0.2) is 35.1 Å². The fourth-order valence-electron chi connectivity index (χ4n) is 1.46. The second-order valence-corrected chi connectivity index (χ2v) is 4.33. The van der Waals surface area contributed by atoms with Crippen LogP contribution in [0, 0.1) is 0 Å². The fraction of sp³-hybridized carbons (Fsp3) is 0.750. The second-order valence-electron chi connectivity index (χ2n) is 4.33. The Balaban J connectivity index is 2.00. The molecule has 1 aromatic heterocycles. The average Bonchev–Trinajstić information content (AvgIpc) is 2.74. The lowest BCUT2D eigenvalue weighted by atomic mass is 10.2. The lowest BCUT2D eigenvalue weighted by molar-refractivity contribution is 0.0794. The van der Waals surface area contributed by atoms with Crippen molar-refractivity contribution in [2.75, 3.05) is 13.2 Å². The van der Waals surface area contributed by atoms with Crippen LogP contribution in [0.2, 0.25) is 0 Å². The number of aryl methyl sites for hydroxylation is 1. The van der Waals surface area contributed by atoms with Crippen LogP contribution in [0.3, 0.4) is 0 Å². The average molecular weight is 225 g/mol. The van der Waals surface area contributed by atoms with Crippen molar-refractivity contribution in [2.45, 2.75) is 45.9 Å². The summed E-state index contributed by atoms with van der Waals surface area (Å²) in [6.45, 7) is 8.97. The molecule has 0 radical (unpaired) electrons. The van der Waals surface area contributed by atoms with E-state index in [2.05, 4.69) is 31.2 Å². The van der Waals surface area contributed by atoms with E-state index in [-0.39, 0.29) is 0 Å². The van der Waals surface area contributed by atoms with Crippen LogP contribution < -0.4 is 5.32 Å². The molecule has 0 fully saturated rings. The first-order valence-electron chi connectivity index (χ1n) is 6.01. The number of ether oxygens (including phenoxy) is 1. The Labute approximate surface area is 98.0 Å². The van der Waals surface area contributed by atoms with E-state index in [1.807, 2.05) is 23.1 Å². The molecule has 0 aliphatic heterocycles. The number of hydrogen-bond donors (Lipinski definition) is 1. The van der Waals surface area contributed by atoms with Gasteiger partial charge in [0.2, 0.25) is 0 Å². The molecular weight excluding hydrogens is 202 g/mol. The van der Waals surface area contributed by atoms with Crippen molar-refractivity contribution in [3.05, 3.63) is 18.5 Å². The number of rotatable bonds is 8. The largest absolute Gasteiger partial charge is 0.377 e. The van der Waals surface area contributed by atoms with E-state index >= 15 is 0 Å². The zero-order chi connectivity index (χ0) is 11.8. The van der Waals surface area contributed by atoms with Crippen LogP contribution in [0.25, 0.3) is 0 Å². The highest BCUT2D eigenvalue weighted by Crippen LogP contribution is 1.95. The Morgan fingerprint density at radius 3 is 2.81 bits per heavy atom. The molecule has 0 saturated heterocycles. The molecule has 16 heavy (non-hydrogen) atoms. The molecule has 4 nitrogen and oxygen atoms in total. The summed E-state index contributed by atoms with van der Waals surface area (Å²) in [4.78, 5) is 0. The Morgan fingerprint density at radius 1 is 1.38 bits per heavy atom. The van der Waals surface area contributed by atoms with Crippen molar-refractivity contribution in [3.63, 3.8) is 0 Å². The summed E-state index contributed by atoms with van der Waals surface area (Å²) in [6.07, 6.45) is 5.22. The molecule has 1 unspecified atom stereocenters. The first-order chi connectivity index (χ1) is 7.68. The van der Waals surface area contributed by atoms with Crippen LogP contribution >= 0.6 is 0 Å². The van der Waals surface area contributed by atoms with Gasteiger partial charge in [0.1, 0.15) is 0 Å². The lowest BCUT2D eigenvalue weighted by Crippen LogP contribution is -2.31. The third-order valence-electron chi connectivity index (χ3n) is 2.40. The summed E-state index contributed by atoms with van der Waals surface area (Å²) in [6, 6.07) is 2.45. The maximum Gasteiger partial charge on any atom is 0.0594 e. The smallest absolute Gasteiger partial charge is 0.0594 e. The predicted molar refractivity (Wildman–Crippen MR) is 65.4 cm³/mol. The van der Waals surface area contributed by atoms with Crippen LogP contribution in [0.15, 0.2) is 18.5 Å². The quantitative estimate of drug-likeness (QED) is 0.684. The van der Waals surface area contributed by atoms with Gasteiger partial charge in [-0.25, -0.2) is 0 Å². The van der Waals surface area contributed by atoms with Gasteiger partial charge in [0.05, 0.1) is 12.7 Å². The van der Waals surface area contributed by atoms with Gasteiger partial charge in [-0.1, -0.05) is 0 Å². The number of nitrogens with one attached hydrogen (secondary N) is 1. The first-order valence-corrected chi connectivity index (χ1v) is 6.01. The van der Waals surface area contributed by atoms with Crippen molar-refractivity contribution in [1.29, 1.82) is 0 Å². The Hall–Kier alpha value is -0.870. The molecule has 92 valence electrons. The molecule has 0 spiro atoms. The lowest BCUT2D eigenvalue weighted by Gasteiger charge is -2.14. The summed E-state index contributed by atoms with van der Waals surface area (Å²) >= 11 is 0. The van der Waals surface area contributed by atoms with E-state index in [9.17, 15) is 0 Å². The highest BCUT2D eigenvalue weighted by molar-refractivity contribution is 4.78. The molecule has 1 heterocycles. The summed E-state index contributed by atoms with van der Waals surface area (Å²) in [7, 11) is 0. The molecule has 0 aliphatic rings. The van der Waals surface area contributed by atoms with E-state index in [0.29, 0.717) is 12.1 Å². The summed E-state index contributed by atoms with van der Waals surface area (Å²) < 4.78 is 7.42. The monoisotopic (exact) mass is 225 g/mol. The fourth-order valence-corrected chi connectivity index (χ4v) is 1.46. The van der Waals surface area contributed by atoms with Gasteiger partial charge in [0.25, 0.3) is 0 Å². The van der Waals surface area contributed by atoms with Gasteiger partial charge < -0.3 is 10.1 Å². The van der Waals surface area contributed by atoms with E-state index in [1.54, 1.807) is 0 Å². The van der Waals surface area contributed by atoms with Gasteiger partial charge >= 0.3 is 0 Å². The van der Waals surface area contributed by atoms with Crippen molar-refractivity contribution in [3.8, 4) is 0 Å². The SMILES string of the molecule is CC(CCn1cccn1)NCCOC(C)C. The number of aromatic nitrogens is 2. The molecule has 1 rings (SSSR count). The third kappa shape index (κ3) is 5.88. The van der Waals surface area contributed by atoms with E-state index in [1.165, 1.54) is 0 Å². The molecule has 1 atom stereocenters. The second kappa shape index (κ2) is 7.41. The zero-order valence-electron chi connectivity index (χ0n) is 10.5. The van der Waals surface area contributed by atoms with E-state index < -0.39 is 0 Å². The van der Waals surface area contributed by atoms with Crippen LogP contribution in [-0.2, 0) is 11.3 Å². The minimum absolute atomic E-state index is 0.321. The molecule has 0 aliphatic carbocycles. The van der Waals surface area contributed by atoms with Gasteiger partial charge in [-0.05, 0) is 33.3 Å². The van der Waals surface area contributed by atoms with Crippen molar-refractivity contribution >= 4 is 0 Å². The normalized spacial score (nSPS) is 13.2. The molecule has 1 N–H and O–H groups in total. The third-order valence-corrected chi connectivity index (χ3v) is 2.40. The van der Waals surface area contributed by atoms with Gasteiger partial charge in [-0.2, -0.15) is 5.10 Å². The van der Waals surface area contributed by atoms with Crippen LogP contribution in [0.1, 0.15) is 27.2 Å². The molecule has 1 aromatic rings. The van der Waals surface area contributed by atoms with Gasteiger partial charge in [-0.15, -0.1) is 0 Å². The van der Waals surface area contributed by atoms with Crippen molar-refractivity contribution in [1.82, 2.24) is 15.1 Å². The van der Waals surface area contributed by atoms with Crippen molar-refractivity contribution in [2.24, 2.45) is 0 Å². The van der Waals surface area contributed by atoms with E-state index in [4.69, 9.17) is 4.74 Å². The van der Waals surface area contributed by atoms with E-state index in [0.717, 1.165) is 26.1 Å². The maximum absolute atomic E-state index is 5.46. The molecular formula is C12H23N3O. The summed E-state index contributed by atoms with van der Waals surface area (Å²) in [5, 5.41) is 7.61. The Bertz CT molecular complexity index is 259. The van der Waals surface area contributed by atoms with Crippen molar-refractivity contribution < 1.29 is 4.74 Å². The molecule has 4 heteroatoms. The standard InChI is InChI=1S/C12H23N3O/c1-11(2)16-10-7-13-12(3)5-9-15-8-4-6-14-15/h4,6,8,11-13H,5,7,9-10H2,1-3H3. The maximum atomic E-state index is 5.46. The van der Waals surface area contributed by atoms with Crippen LogP contribution in [0.4, 0.5) is 0 Å². The predicted octanol–water partition coefficient (Wildman–Crippen LogP) is 1.68. The number of nitrogens with zero attached hydrogens (tertiary/aromatic N) is 2. The topological polar surface area (TPSA) is 39.1 Å². The van der Waals surface area contributed by atoms with Gasteiger partial charge in [0.15, 0.2) is 0 Å². The zero-order valence-corrected chi connectivity index (χ0v) is 10.5.